The normalized spacial score (nSPS) is 12.0. The van der Waals surface area contributed by atoms with Crippen LogP contribution in [0.4, 0.5) is 10.1 Å². The fraction of sp³-hybridized carbons (Fsp3) is 0.231. The molecule has 0 aliphatic carbocycles. The van der Waals surface area contributed by atoms with Crippen molar-refractivity contribution in [3.8, 4) is 0 Å². The molecule has 2 amide bonds. The van der Waals surface area contributed by atoms with Gasteiger partial charge < -0.3 is 10.2 Å². The first-order valence-corrected chi connectivity index (χ1v) is 13.1. The molecule has 0 unspecified atom stereocenters. The van der Waals surface area contributed by atoms with E-state index in [0.29, 0.717) is 6.54 Å². The molecule has 36 heavy (non-hydrogen) atoms. The molecule has 3 rings (SSSR count). The van der Waals surface area contributed by atoms with Gasteiger partial charge >= 0.3 is 0 Å². The minimum Gasteiger partial charge on any atom is -0.355 e. The zero-order valence-electron chi connectivity index (χ0n) is 19.9. The van der Waals surface area contributed by atoms with Crippen LogP contribution >= 0.6 is 11.6 Å². The molecule has 3 aromatic carbocycles. The van der Waals surface area contributed by atoms with E-state index < -0.39 is 40.2 Å². The van der Waals surface area contributed by atoms with Gasteiger partial charge in [0.05, 0.1) is 10.6 Å². The summed E-state index contributed by atoms with van der Waals surface area (Å²) in [5, 5.41) is 2.94. The Balaban J connectivity index is 2.03. The van der Waals surface area contributed by atoms with Gasteiger partial charge in [0.2, 0.25) is 11.8 Å². The Hall–Kier alpha value is -3.43. The minimum atomic E-state index is -4.18. The molecular weight excluding hydrogens is 505 g/mol. The molecule has 0 spiro atoms. The van der Waals surface area contributed by atoms with Crippen LogP contribution in [0.15, 0.2) is 83.8 Å². The van der Waals surface area contributed by atoms with Crippen LogP contribution in [-0.2, 0) is 26.2 Å². The van der Waals surface area contributed by atoms with Gasteiger partial charge in [0, 0.05) is 23.7 Å². The van der Waals surface area contributed by atoms with Crippen molar-refractivity contribution in [2.24, 2.45) is 0 Å². The molecule has 3 aromatic rings. The van der Waals surface area contributed by atoms with Gasteiger partial charge in [-0.25, -0.2) is 12.8 Å². The highest BCUT2D eigenvalue weighted by Gasteiger charge is 2.32. The molecule has 1 N–H and O–H groups in total. The SMILES string of the molecule is CCNC(=O)[C@@H](C)N(Cc1ccccc1F)C(=O)CN(c1cccc(Cl)c1)S(=O)(=O)c1ccccc1. The lowest BCUT2D eigenvalue weighted by Gasteiger charge is -2.32. The minimum absolute atomic E-state index is 0.0183. The summed E-state index contributed by atoms with van der Waals surface area (Å²) < 4.78 is 42.6. The second-order valence-corrected chi connectivity index (χ2v) is 10.3. The number of hydrogen-bond donors (Lipinski definition) is 1. The Bertz CT molecular complexity index is 1320. The monoisotopic (exact) mass is 531 g/mol. The number of carbonyl (C=O) groups excluding carboxylic acids is 2. The Labute approximate surface area is 215 Å². The second kappa shape index (κ2) is 12.0. The van der Waals surface area contributed by atoms with E-state index in [4.69, 9.17) is 11.6 Å². The number of halogens is 2. The fourth-order valence-corrected chi connectivity index (χ4v) is 5.21. The lowest BCUT2D eigenvalue weighted by atomic mass is 10.1. The molecule has 0 aliphatic heterocycles. The first-order valence-electron chi connectivity index (χ1n) is 11.3. The number of rotatable bonds is 10. The smallest absolute Gasteiger partial charge is 0.264 e. The molecular formula is C26H27ClFN3O4S. The van der Waals surface area contributed by atoms with E-state index in [1.165, 1.54) is 54.3 Å². The summed E-state index contributed by atoms with van der Waals surface area (Å²) in [5.41, 5.74) is 0.374. The number of benzene rings is 3. The third-order valence-corrected chi connectivity index (χ3v) is 7.55. The van der Waals surface area contributed by atoms with Gasteiger partial charge in [-0.2, -0.15) is 0 Å². The van der Waals surface area contributed by atoms with E-state index in [2.05, 4.69) is 5.32 Å². The van der Waals surface area contributed by atoms with Gasteiger partial charge in [-0.15, -0.1) is 0 Å². The van der Waals surface area contributed by atoms with Crippen molar-refractivity contribution >= 4 is 39.1 Å². The molecule has 0 aromatic heterocycles. The van der Waals surface area contributed by atoms with Gasteiger partial charge in [0.1, 0.15) is 18.4 Å². The van der Waals surface area contributed by atoms with E-state index in [1.54, 1.807) is 43.3 Å². The number of nitrogens with one attached hydrogen (secondary N) is 1. The number of hydrogen-bond acceptors (Lipinski definition) is 4. The van der Waals surface area contributed by atoms with Crippen molar-refractivity contribution in [3.63, 3.8) is 0 Å². The van der Waals surface area contributed by atoms with Crippen molar-refractivity contribution in [2.45, 2.75) is 31.3 Å². The number of sulfonamides is 1. The highest BCUT2D eigenvalue weighted by molar-refractivity contribution is 7.92. The second-order valence-electron chi connectivity index (χ2n) is 7.99. The molecule has 10 heteroatoms. The van der Waals surface area contributed by atoms with Gasteiger partial charge in [0.25, 0.3) is 10.0 Å². The predicted octanol–water partition coefficient (Wildman–Crippen LogP) is 4.23. The topological polar surface area (TPSA) is 86.8 Å². The van der Waals surface area contributed by atoms with Crippen molar-refractivity contribution < 1.29 is 22.4 Å². The largest absolute Gasteiger partial charge is 0.355 e. The zero-order chi connectivity index (χ0) is 26.3. The molecule has 7 nitrogen and oxygen atoms in total. The van der Waals surface area contributed by atoms with Crippen molar-refractivity contribution in [2.75, 3.05) is 17.4 Å². The number of nitrogens with zero attached hydrogens (tertiary/aromatic N) is 2. The average Bonchev–Trinajstić information content (AvgIpc) is 2.86. The van der Waals surface area contributed by atoms with Gasteiger partial charge in [-0.1, -0.05) is 54.1 Å². The Morgan fingerprint density at radius 2 is 1.67 bits per heavy atom. The summed E-state index contributed by atoms with van der Waals surface area (Å²) >= 11 is 6.12. The van der Waals surface area contributed by atoms with Crippen LogP contribution in [0.3, 0.4) is 0 Å². The third-order valence-electron chi connectivity index (χ3n) is 5.52. The maximum atomic E-state index is 14.4. The number of amides is 2. The molecule has 0 radical (unpaired) electrons. The molecule has 1 atom stereocenters. The molecule has 0 fully saturated rings. The molecule has 0 bridgehead atoms. The van der Waals surface area contributed by atoms with Crippen LogP contribution in [0.25, 0.3) is 0 Å². The summed E-state index contributed by atoms with van der Waals surface area (Å²) in [6.45, 7) is 2.73. The molecule has 0 saturated heterocycles. The summed E-state index contributed by atoms with van der Waals surface area (Å²) in [4.78, 5) is 27.4. The number of carbonyl (C=O) groups is 2. The van der Waals surface area contributed by atoms with E-state index in [9.17, 15) is 22.4 Å². The van der Waals surface area contributed by atoms with Gasteiger partial charge in [-0.3, -0.25) is 13.9 Å². The van der Waals surface area contributed by atoms with E-state index >= 15 is 0 Å². The fourth-order valence-electron chi connectivity index (χ4n) is 3.59. The first kappa shape index (κ1) is 27.2. The Morgan fingerprint density at radius 1 is 1.00 bits per heavy atom. The molecule has 0 heterocycles. The summed E-state index contributed by atoms with van der Waals surface area (Å²) in [6.07, 6.45) is 0. The average molecular weight is 532 g/mol. The van der Waals surface area contributed by atoms with E-state index in [-0.39, 0.29) is 27.7 Å². The van der Waals surface area contributed by atoms with Crippen LogP contribution in [-0.4, -0.2) is 44.3 Å². The van der Waals surface area contributed by atoms with Gasteiger partial charge in [-0.05, 0) is 50.2 Å². The van der Waals surface area contributed by atoms with Crippen LogP contribution in [0.2, 0.25) is 5.02 Å². The van der Waals surface area contributed by atoms with Crippen molar-refractivity contribution in [1.29, 1.82) is 0 Å². The Morgan fingerprint density at radius 3 is 2.31 bits per heavy atom. The molecule has 0 aliphatic rings. The molecule has 0 saturated carbocycles. The highest BCUT2D eigenvalue weighted by Crippen LogP contribution is 2.27. The van der Waals surface area contributed by atoms with Crippen LogP contribution in [0.5, 0.6) is 0 Å². The summed E-state index contributed by atoms with van der Waals surface area (Å²) in [5.74, 6) is -1.67. The van der Waals surface area contributed by atoms with Crippen molar-refractivity contribution in [3.05, 3.63) is 95.3 Å². The summed E-state index contributed by atoms with van der Waals surface area (Å²) in [6, 6.07) is 18.7. The first-order chi connectivity index (χ1) is 17.1. The molecule has 190 valence electrons. The van der Waals surface area contributed by atoms with Crippen molar-refractivity contribution in [1.82, 2.24) is 10.2 Å². The van der Waals surface area contributed by atoms with Crippen LogP contribution in [0.1, 0.15) is 19.4 Å². The van der Waals surface area contributed by atoms with Crippen LogP contribution < -0.4 is 9.62 Å². The lowest BCUT2D eigenvalue weighted by molar-refractivity contribution is -0.139. The van der Waals surface area contributed by atoms with E-state index in [1.807, 2.05) is 0 Å². The lowest BCUT2D eigenvalue weighted by Crippen LogP contribution is -2.51. The number of likely N-dealkylation sites (N-methyl/N-ethyl adjacent to an activating group) is 1. The third kappa shape index (κ3) is 6.41. The number of anilines is 1. The zero-order valence-corrected chi connectivity index (χ0v) is 21.5. The quantitative estimate of drug-likeness (QED) is 0.424. The van der Waals surface area contributed by atoms with Gasteiger partial charge in [0.15, 0.2) is 0 Å². The maximum absolute atomic E-state index is 14.4. The Kier molecular flexibility index (Phi) is 9.06. The highest BCUT2D eigenvalue weighted by atomic mass is 35.5. The van der Waals surface area contributed by atoms with E-state index in [0.717, 1.165) is 4.31 Å². The maximum Gasteiger partial charge on any atom is 0.264 e. The predicted molar refractivity (Wildman–Crippen MR) is 138 cm³/mol. The summed E-state index contributed by atoms with van der Waals surface area (Å²) in [7, 11) is -4.18. The van der Waals surface area contributed by atoms with Crippen LogP contribution in [0, 0.1) is 5.82 Å². The standard InChI is InChI=1S/C26H27ClFN3O4S/c1-3-29-26(33)19(2)30(17-20-10-7-8-15-24(20)28)25(32)18-31(22-12-9-11-21(27)16-22)36(34,35)23-13-5-4-6-14-23/h4-16,19H,3,17-18H2,1-2H3,(H,29,33)/t19-/m1/s1.